The molecule has 0 aromatic heterocycles. The second kappa shape index (κ2) is 56.7. The Hall–Kier alpha value is -2.06. The van der Waals surface area contributed by atoms with E-state index >= 15 is 0 Å². The standard InChI is InChI=1S/C66H123N2O6P/c1-6-8-10-12-14-16-18-20-22-24-26-28-30-32-33-34-35-36-38-40-42-44-46-48-50-52-54-56-58-60-66(70)67-64(63-74-75(71,72)73-62-61-68(3,4)5)65(69)59-57-55-53-51-49-47-45-43-41-39-37-31-29-27-25-23-21-19-17-15-13-11-9-7-2/h8,10,14,16,20,22,26,28,32-33,35-36,64-65,69H,6-7,9,11-13,15,17-19,21,23-25,27,29-31,34,37-63H2,1-5H3,(H-,67,70,71,72)/p+1/b10-8-,16-14-,22-20-,28-26-,33-32-,36-35-. The second-order valence-electron chi connectivity index (χ2n) is 22.8. The zero-order chi connectivity index (χ0) is 54.9. The van der Waals surface area contributed by atoms with E-state index in [0.29, 0.717) is 23.9 Å². The molecule has 0 saturated heterocycles. The van der Waals surface area contributed by atoms with Crippen molar-refractivity contribution in [2.24, 2.45) is 0 Å². The van der Waals surface area contributed by atoms with Gasteiger partial charge in [-0.05, 0) is 64.2 Å². The van der Waals surface area contributed by atoms with Crippen LogP contribution in [0.15, 0.2) is 72.9 Å². The number of phosphoric acid groups is 1. The van der Waals surface area contributed by atoms with E-state index in [1.165, 1.54) is 186 Å². The van der Waals surface area contributed by atoms with Crippen molar-refractivity contribution >= 4 is 13.7 Å². The molecule has 8 nitrogen and oxygen atoms in total. The number of aliphatic hydroxyl groups is 1. The van der Waals surface area contributed by atoms with Crippen molar-refractivity contribution in [2.45, 2.75) is 302 Å². The number of phosphoric ester groups is 1. The summed E-state index contributed by atoms with van der Waals surface area (Å²) in [6.07, 6.45) is 78.3. The first-order chi connectivity index (χ1) is 36.5. The Labute approximate surface area is 465 Å². The SMILES string of the molecule is CC/C=C\C/C=C\C/C=C\C/C=C\C/C=C\C/C=C\CCCCCCCCCCCCC(=O)NC(COP(=O)(O)OCC[N+](C)(C)C)C(O)CCCCCCCCCCCCCCCCCCCCCCCCCC. The molecule has 3 N–H and O–H groups in total. The van der Waals surface area contributed by atoms with Crippen LogP contribution in [0.4, 0.5) is 0 Å². The number of carbonyl (C=O) groups excluding carboxylic acids is 1. The van der Waals surface area contributed by atoms with Gasteiger partial charge in [-0.25, -0.2) is 4.57 Å². The van der Waals surface area contributed by atoms with Crippen molar-refractivity contribution in [3.8, 4) is 0 Å². The molecule has 1 amide bonds. The maximum Gasteiger partial charge on any atom is 0.472 e. The average molecular weight is 1070 g/mol. The third-order valence-corrected chi connectivity index (χ3v) is 15.2. The van der Waals surface area contributed by atoms with Crippen LogP contribution in [0.3, 0.4) is 0 Å². The molecule has 0 aliphatic carbocycles. The number of hydrogen-bond donors (Lipinski definition) is 3. The molecule has 75 heavy (non-hydrogen) atoms. The quantitative estimate of drug-likeness (QED) is 0.0243. The number of allylic oxidation sites excluding steroid dienone is 12. The summed E-state index contributed by atoms with van der Waals surface area (Å²) in [7, 11) is 1.61. The monoisotopic (exact) mass is 1070 g/mol. The number of rotatable bonds is 58. The number of likely N-dealkylation sites (N-methyl/N-ethyl adjacent to an activating group) is 1. The Kier molecular flexibility index (Phi) is 55.1. The number of aliphatic hydroxyl groups excluding tert-OH is 1. The summed E-state index contributed by atoms with van der Waals surface area (Å²) in [4.78, 5) is 23.4. The molecule has 9 heteroatoms. The highest BCUT2D eigenvalue weighted by Crippen LogP contribution is 2.43. The molecule has 0 fully saturated rings. The summed E-state index contributed by atoms with van der Waals surface area (Å²) < 4.78 is 23.8. The topological polar surface area (TPSA) is 105 Å². The van der Waals surface area contributed by atoms with Crippen LogP contribution in [0.25, 0.3) is 0 Å². The first kappa shape index (κ1) is 72.9. The second-order valence-corrected chi connectivity index (χ2v) is 24.2. The summed E-state index contributed by atoms with van der Waals surface area (Å²) in [5.74, 6) is -0.148. The Morgan fingerprint density at radius 2 is 0.800 bits per heavy atom. The number of amides is 1. The molecular formula is C66H124N2O6P+. The highest BCUT2D eigenvalue weighted by atomic mass is 31.2. The van der Waals surface area contributed by atoms with Crippen LogP contribution < -0.4 is 5.32 Å². The smallest absolute Gasteiger partial charge is 0.391 e. The molecule has 0 aliphatic heterocycles. The highest BCUT2D eigenvalue weighted by Gasteiger charge is 2.28. The van der Waals surface area contributed by atoms with Crippen LogP contribution in [-0.4, -0.2) is 73.4 Å². The van der Waals surface area contributed by atoms with E-state index in [9.17, 15) is 19.4 Å². The summed E-state index contributed by atoms with van der Waals surface area (Å²) in [6.45, 7) is 4.80. The lowest BCUT2D eigenvalue weighted by molar-refractivity contribution is -0.870. The van der Waals surface area contributed by atoms with Crippen molar-refractivity contribution in [3.05, 3.63) is 72.9 Å². The van der Waals surface area contributed by atoms with Crippen molar-refractivity contribution in [1.82, 2.24) is 5.32 Å². The zero-order valence-corrected chi connectivity index (χ0v) is 50.9. The lowest BCUT2D eigenvalue weighted by atomic mass is 10.0. The minimum Gasteiger partial charge on any atom is -0.391 e. The van der Waals surface area contributed by atoms with E-state index in [-0.39, 0.29) is 19.1 Å². The molecule has 0 spiro atoms. The molecule has 0 aliphatic rings. The van der Waals surface area contributed by atoms with Gasteiger partial charge in [-0.3, -0.25) is 13.8 Å². The van der Waals surface area contributed by atoms with Crippen LogP contribution in [0.5, 0.6) is 0 Å². The zero-order valence-electron chi connectivity index (χ0n) is 50.0. The van der Waals surface area contributed by atoms with Crippen molar-refractivity contribution in [1.29, 1.82) is 0 Å². The molecule has 0 aromatic carbocycles. The average Bonchev–Trinajstić information content (AvgIpc) is 3.37. The Bertz CT molecular complexity index is 1450. The van der Waals surface area contributed by atoms with Crippen molar-refractivity contribution < 1.29 is 32.9 Å². The molecule has 0 heterocycles. The van der Waals surface area contributed by atoms with Gasteiger partial charge in [0.05, 0.1) is 39.9 Å². The third kappa shape index (κ3) is 59.4. The normalized spacial score (nSPS) is 14.3. The molecule has 438 valence electrons. The predicted molar refractivity (Wildman–Crippen MR) is 327 cm³/mol. The lowest BCUT2D eigenvalue weighted by Gasteiger charge is -2.26. The van der Waals surface area contributed by atoms with Crippen LogP contribution in [0, 0.1) is 0 Å². The Balaban J connectivity index is 4.13. The Morgan fingerprint density at radius 3 is 1.17 bits per heavy atom. The van der Waals surface area contributed by atoms with Gasteiger partial charge in [0, 0.05) is 6.42 Å². The first-order valence-corrected chi connectivity index (χ1v) is 33.3. The van der Waals surface area contributed by atoms with E-state index in [1.807, 2.05) is 21.1 Å². The van der Waals surface area contributed by atoms with Crippen LogP contribution >= 0.6 is 7.82 Å². The highest BCUT2D eigenvalue weighted by molar-refractivity contribution is 7.47. The first-order valence-electron chi connectivity index (χ1n) is 31.8. The van der Waals surface area contributed by atoms with Gasteiger partial charge in [0.2, 0.25) is 5.91 Å². The van der Waals surface area contributed by atoms with Crippen molar-refractivity contribution in [2.75, 3.05) is 40.9 Å². The van der Waals surface area contributed by atoms with Gasteiger partial charge >= 0.3 is 7.82 Å². The fraction of sp³-hybridized carbons (Fsp3) is 0.803. The van der Waals surface area contributed by atoms with E-state index in [2.05, 4.69) is 92.1 Å². The molecule has 0 bridgehead atoms. The summed E-state index contributed by atoms with van der Waals surface area (Å²) >= 11 is 0. The number of nitrogens with zero attached hydrogens (tertiary/aromatic N) is 1. The van der Waals surface area contributed by atoms with E-state index in [0.717, 1.165) is 77.0 Å². The number of nitrogens with one attached hydrogen (secondary N) is 1. The summed E-state index contributed by atoms with van der Waals surface area (Å²) in [6, 6.07) is -0.768. The third-order valence-electron chi connectivity index (χ3n) is 14.2. The van der Waals surface area contributed by atoms with E-state index < -0.39 is 20.0 Å². The van der Waals surface area contributed by atoms with E-state index in [4.69, 9.17) is 9.05 Å². The summed E-state index contributed by atoms with van der Waals surface area (Å²) in [5.41, 5.74) is 0. The molecule has 0 rings (SSSR count). The molecule has 3 unspecified atom stereocenters. The molecule has 3 atom stereocenters. The maximum absolute atomic E-state index is 13.0. The molecule has 0 saturated carbocycles. The van der Waals surface area contributed by atoms with Gasteiger partial charge in [-0.2, -0.15) is 0 Å². The van der Waals surface area contributed by atoms with E-state index in [1.54, 1.807) is 0 Å². The van der Waals surface area contributed by atoms with Crippen LogP contribution in [0.2, 0.25) is 0 Å². The summed E-state index contributed by atoms with van der Waals surface area (Å²) in [5, 5.41) is 14.1. The molecule has 0 aromatic rings. The lowest BCUT2D eigenvalue weighted by Crippen LogP contribution is -2.46. The van der Waals surface area contributed by atoms with Crippen molar-refractivity contribution in [3.63, 3.8) is 0 Å². The minimum absolute atomic E-state index is 0.0716. The fourth-order valence-electron chi connectivity index (χ4n) is 9.29. The van der Waals surface area contributed by atoms with Crippen LogP contribution in [-0.2, 0) is 18.4 Å². The number of unbranched alkanes of at least 4 members (excludes halogenated alkanes) is 33. The fourth-order valence-corrected chi connectivity index (χ4v) is 10.0. The van der Waals surface area contributed by atoms with Gasteiger partial charge in [0.1, 0.15) is 13.2 Å². The molecule has 0 radical (unpaired) electrons. The van der Waals surface area contributed by atoms with Gasteiger partial charge in [0.15, 0.2) is 0 Å². The van der Waals surface area contributed by atoms with Gasteiger partial charge in [-0.15, -0.1) is 0 Å². The predicted octanol–water partition coefficient (Wildman–Crippen LogP) is 19.8. The largest absolute Gasteiger partial charge is 0.472 e. The Morgan fingerprint density at radius 1 is 0.467 bits per heavy atom. The number of carbonyl (C=O) groups is 1. The number of quaternary nitrogens is 1. The van der Waals surface area contributed by atoms with Gasteiger partial charge in [-0.1, -0.05) is 292 Å². The van der Waals surface area contributed by atoms with Gasteiger partial charge in [0.25, 0.3) is 0 Å². The number of hydrogen-bond acceptors (Lipinski definition) is 5. The van der Waals surface area contributed by atoms with Crippen LogP contribution in [0.1, 0.15) is 290 Å². The maximum atomic E-state index is 13.0. The van der Waals surface area contributed by atoms with Gasteiger partial charge < -0.3 is 19.8 Å². The minimum atomic E-state index is -4.33. The molecular weight excluding hydrogens is 948 g/mol.